The van der Waals surface area contributed by atoms with Crippen LogP contribution in [0.25, 0.3) is 10.2 Å². The molecule has 1 heterocycles. The van der Waals surface area contributed by atoms with Gasteiger partial charge in [-0.2, -0.15) is 13.2 Å². The molecule has 2 rings (SSSR count). The minimum Gasteiger partial charge on any atom is -0.494 e. The number of nitrogens with two attached hydrogens (primary N) is 1. The Bertz CT molecular complexity index is 639. The molecule has 1 aromatic carbocycles. The molecule has 0 saturated heterocycles. The van der Waals surface area contributed by atoms with Crippen LogP contribution < -0.4 is 15.8 Å². The molecule has 19 heavy (non-hydrogen) atoms. The van der Waals surface area contributed by atoms with Gasteiger partial charge in [-0.1, -0.05) is 11.3 Å². The van der Waals surface area contributed by atoms with E-state index in [1.807, 2.05) is 0 Å². The van der Waals surface area contributed by atoms with Crippen molar-refractivity contribution >= 4 is 38.3 Å². The summed E-state index contributed by atoms with van der Waals surface area (Å²) >= 11 is 0.882. The molecule has 0 saturated carbocycles. The number of thiazole rings is 1. The van der Waals surface area contributed by atoms with Crippen LogP contribution in [0.5, 0.6) is 5.75 Å². The maximum atomic E-state index is 12.1. The highest BCUT2D eigenvalue weighted by molar-refractivity contribution is 7.22. The molecule has 0 radical (unpaired) electrons. The highest BCUT2D eigenvalue weighted by atomic mass is 32.1. The van der Waals surface area contributed by atoms with Gasteiger partial charge in [-0.15, -0.1) is 0 Å². The van der Waals surface area contributed by atoms with Crippen molar-refractivity contribution in [3.63, 3.8) is 0 Å². The number of hydrogen-bond acceptors (Lipinski definition) is 5. The fourth-order valence-electron chi connectivity index (χ4n) is 1.40. The molecule has 2 aromatic rings. The molecule has 0 aliphatic rings. The first-order valence-corrected chi connectivity index (χ1v) is 5.75. The van der Waals surface area contributed by atoms with Crippen molar-refractivity contribution in [2.24, 2.45) is 0 Å². The lowest BCUT2D eigenvalue weighted by molar-refractivity contribution is -0.167. The molecule has 9 heteroatoms. The number of amides is 1. The van der Waals surface area contributed by atoms with E-state index >= 15 is 0 Å². The summed E-state index contributed by atoms with van der Waals surface area (Å²) in [6, 6.07) is 3.04. The summed E-state index contributed by atoms with van der Waals surface area (Å²) in [6.45, 7) is 0. The third-order valence-corrected chi connectivity index (χ3v) is 3.10. The van der Waals surface area contributed by atoms with Crippen LogP contribution in [0.2, 0.25) is 0 Å². The highest BCUT2D eigenvalue weighted by Gasteiger charge is 2.39. The van der Waals surface area contributed by atoms with E-state index in [1.54, 1.807) is 11.4 Å². The van der Waals surface area contributed by atoms with Gasteiger partial charge in [0.25, 0.3) is 0 Å². The Morgan fingerprint density at radius 3 is 2.74 bits per heavy atom. The maximum Gasteiger partial charge on any atom is 0.471 e. The van der Waals surface area contributed by atoms with Gasteiger partial charge in [0.05, 0.1) is 11.8 Å². The van der Waals surface area contributed by atoms with E-state index < -0.39 is 12.1 Å². The van der Waals surface area contributed by atoms with Crippen LogP contribution >= 0.6 is 11.3 Å². The molecular formula is C10H8F3N3O2S. The molecule has 102 valence electrons. The first-order valence-electron chi connectivity index (χ1n) is 4.93. The van der Waals surface area contributed by atoms with Gasteiger partial charge in [-0.3, -0.25) is 10.1 Å². The second kappa shape index (κ2) is 4.57. The smallest absolute Gasteiger partial charge is 0.471 e. The highest BCUT2D eigenvalue weighted by Crippen LogP contribution is 2.35. The SMILES string of the molecule is COc1cc(N)cc2sc(NC(=O)C(F)(F)F)nc12. The average molecular weight is 291 g/mol. The normalized spacial score (nSPS) is 11.6. The van der Waals surface area contributed by atoms with E-state index in [2.05, 4.69) is 4.98 Å². The third kappa shape index (κ3) is 2.70. The van der Waals surface area contributed by atoms with E-state index in [4.69, 9.17) is 10.5 Å². The molecule has 3 N–H and O–H groups in total. The Balaban J connectivity index is 2.39. The monoisotopic (exact) mass is 291 g/mol. The van der Waals surface area contributed by atoms with Crippen LogP contribution in [0.3, 0.4) is 0 Å². The molecule has 0 atom stereocenters. The number of carbonyl (C=O) groups is 1. The predicted molar refractivity (Wildman–Crippen MR) is 65.3 cm³/mol. The zero-order valence-electron chi connectivity index (χ0n) is 9.54. The lowest BCUT2D eigenvalue weighted by Crippen LogP contribution is -2.29. The number of nitrogens with zero attached hydrogens (tertiary/aromatic N) is 1. The number of ether oxygens (including phenoxy) is 1. The van der Waals surface area contributed by atoms with Gasteiger partial charge in [0, 0.05) is 11.8 Å². The van der Waals surface area contributed by atoms with Crippen molar-refractivity contribution in [2.75, 3.05) is 18.2 Å². The molecule has 0 fully saturated rings. The number of fused-ring (bicyclic) bond motifs is 1. The van der Waals surface area contributed by atoms with Gasteiger partial charge in [-0.25, -0.2) is 4.98 Å². The summed E-state index contributed by atoms with van der Waals surface area (Å²) in [5, 5.41) is 1.52. The van der Waals surface area contributed by atoms with Gasteiger partial charge in [0.15, 0.2) is 5.13 Å². The molecular weight excluding hydrogens is 283 g/mol. The second-order valence-electron chi connectivity index (χ2n) is 3.54. The van der Waals surface area contributed by atoms with Crippen LogP contribution in [-0.4, -0.2) is 24.2 Å². The van der Waals surface area contributed by atoms with Crippen molar-refractivity contribution in [3.8, 4) is 5.75 Å². The molecule has 1 amide bonds. The number of benzene rings is 1. The standard InChI is InChI=1S/C10H8F3N3O2S/c1-18-5-2-4(14)3-6-7(5)15-9(19-6)16-8(17)10(11,12)13/h2-3H,14H2,1H3,(H,15,16,17). The van der Waals surface area contributed by atoms with Crippen LogP contribution in [0, 0.1) is 0 Å². The number of hydrogen-bond donors (Lipinski definition) is 2. The quantitative estimate of drug-likeness (QED) is 0.833. The number of nitrogens with one attached hydrogen (secondary N) is 1. The fraction of sp³-hybridized carbons (Fsp3) is 0.200. The summed E-state index contributed by atoms with van der Waals surface area (Å²) in [6.07, 6.45) is -4.96. The van der Waals surface area contributed by atoms with Crippen molar-refractivity contribution < 1.29 is 22.7 Å². The van der Waals surface area contributed by atoms with Crippen LogP contribution in [-0.2, 0) is 4.79 Å². The number of nitrogen functional groups attached to an aromatic ring is 1. The van der Waals surface area contributed by atoms with Crippen LogP contribution in [0.4, 0.5) is 24.0 Å². The minimum atomic E-state index is -4.96. The van der Waals surface area contributed by atoms with Gasteiger partial charge in [-0.05, 0) is 6.07 Å². The zero-order chi connectivity index (χ0) is 14.2. The largest absolute Gasteiger partial charge is 0.494 e. The van der Waals surface area contributed by atoms with E-state index in [9.17, 15) is 18.0 Å². The number of methoxy groups -OCH3 is 1. The Labute approximate surface area is 109 Å². The van der Waals surface area contributed by atoms with E-state index in [0.29, 0.717) is 21.7 Å². The zero-order valence-corrected chi connectivity index (χ0v) is 10.4. The number of carbonyl (C=O) groups excluding carboxylic acids is 1. The van der Waals surface area contributed by atoms with Gasteiger partial charge < -0.3 is 10.5 Å². The number of anilines is 2. The number of rotatable bonds is 2. The van der Waals surface area contributed by atoms with E-state index in [0.717, 1.165) is 11.3 Å². The Hall–Kier alpha value is -2.03. The molecule has 5 nitrogen and oxygen atoms in total. The molecule has 0 bridgehead atoms. The first kappa shape index (κ1) is 13.4. The van der Waals surface area contributed by atoms with Gasteiger partial charge in [0.2, 0.25) is 0 Å². The number of halogens is 3. The van der Waals surface area contributed by atoms with Gasteiger partial charge in [0.1, 0.15) is 11.3 Å². The Kier molecular flexibility index (Phi) is 3.23. The van der Waals surface area contributed by atoms with Crippen molar-refractivity contribution in [3.05, 3.63) is 12.1 Å². The molecule has 1 aromatic heterocycles. The Morgan fingerprint density at radius 1 is 1.47 bits per heavy atom. The van der Waals surface area contributed by atoms with E-state index in [-0.39, 0.29) is 5.13 Å². The number of aromatic nitrogens is 1. The van der Waals surface area contributed by atoms with Crippen molar-refractivity contribution in [1.82, 2.24) is 4.98 Å². The summed E-state index contributed by atoms with van der Waals surface area (Å²) in [4.78, 5) is 14.7. The lowest BCUT2D eigenvalue weighted by atomic mass is 10.3. The molecule has 0 unspecified atom stereocenters. The molecule has 0 aliphatic carbocycles. The van der Waals surface area contributed by atoms with Crippen molar-refractivity contribution in [2.45, 2.75) is 6.18 Å². The average Bonchev–Trinajstić information content (AvgIpc) is 2.68. The van der Waals surface area contributed by atoms with Gasteiger partial charge >= 0.3 is 12.1 Å². The molecule has 0 spiro atoms. The van der Waals surface area contributed by atoms with E-state index in [1.165, 1.54) is 13.2 Å². The summed E-state index contributed by atoms with van der Waals surface area (Å²) < 4.78 is 41.9. The molecule has 0 aliphatic heterocycles. The van der Waals surface area contributed by atoms with Crippen molar-refractivity contribution in [1.29, 1.82) is 0 Å². The van der Waals surface area contributed by atoms with Crippen LogP contribution in [0.1, 0.15) is 0 Å². The topological polar surface area (TPSA) is 77.2 Å². The maximum absolute atomic E-state index is 12.1. The minimum absolute atomic E-state index is 0.166. The Morgan fingerprint density at radius 2 is 2.16 bits per heavy atom. The summed E-state index contributed by atoms with van der Waals surface area (Å²) in [5.74, 6) is -1.74. The first-order chi connectivity index (χ1) is 8.81. The van der Waals surface area contributed by atoms with Crippen LogP contribution in [0.15, 0.2) is 12.1 Å². The lowest BCUT2D eigenvalue weighted by Gasteiger charge is -2.04. The second-order valence-corrected chi connectivity index (χ2v) is 4.57. The third-order valence-electron chi connectivity index (χ3n) is 2.18. The summed E-state index contributed by atoms with van der Waals surface area (Å²) in [5.41, 5.74) is 6.35. The number of alkyl halides is 3. The summed E-state index contributed by atoms with van der Waals surface area (Å²) in [7, 11) is 1.39. The fourth-order valence-corrected chi connectivity index (χ4v) is 2.32. The predicted octanol–water partition coefficient (Wildman–Crippen LogP) is 2.39.